The Kier molecular flexibility index (Phi) is 5.74. The van der Waals surface area contributed by atoms with Crippen molar-refractivity contribution >= 4 is 28.2 Å². The van der Waals surface area contributed by atoms with Crippen molar-refractivity contribution in [3.8, 4) is 11.4 Å². The number of carbonyl (C=O) groups is 1. The SMILES string of the molecule is CN(C)c1ccc(-c2nnnn2[C@@H]2CO[C@@H]3[C@@H]2OC[C@H]3OC(=O)Nc2cccc3ccccc23)cc1. The highest BCUT2D eigenvalue weighted by Gasteiger charge is 2.51. The second-order valence-corrected chi connectivity index (χ2v) is 9.15. The third-order valence-corrected chi connectivity index (χ3v) is 6.72. The van der Waals surface area contributed by atoms with Crippen molar-refractivity contribution in [2.24, 2.45) is 0 Å². The van der Waals surface area contributed by atoms with Gasteiger partial charge in [0.25, 0.3) is 0 Å². The van der Waals surface area contributed by atoms with Crippen LogP contribution in [-0.4, -0.2) is 71.9 Å². The first kappa shape index (κ1) is 22.4. The van der Waals surface area contributed by atoms with Crippen molar-refractivity contribution in [2.75, 3.05) is 37.5 Å². The Labute approximate surface area is 207 Å². The summed E-state index contributed by atoms with van der Waals surface area (Å²) in [5, 5.41) is 17.2. The van der Waals surface area contributed by atoms with Crippen LogP contribution in [0.3, 0.4) is 0 Å². The van der Waals surface area contributed by atoms with Crippen LogP contribution >= 0.6 is 0 Å². The fraction of sp³-hybridized carbons (Fsp3) is 0.308. The van der Waals surface area contributed by atoms with Crippen molar-refractivity contribution in [2.45, 2.75) is 24.4 Å². The van der Waals surface area contributed by atoms with E-state index in [1.54, 1.807) is 4.68 Å². The van der Waals surface area contributed by atoms with Crippen LogP contribution in [0.1, 0.15) is 6.04 Å². The number of nitrogens with zero attached hydrogens (tertiary/aromatic N) is 5. The number of hydrogen-bond acceptors (Lipinski definition) is 8. The topological polar surface area (TPSA) is 104 Å². The van der Waals surface area contributed by atoms with Gasteiger partial charge in [-0.3, -0.25) is 5.32 Å². The molecule has 10 heteroatoms. The molecule has 0 saturated carbocycles. The summed E-state index contributed by atoms with van der Waals surface area (Å²) < 4.78 is 19.5. The van der Waals surface area contributed by atoms with Crippen molar-refractivity contribution in [3.05, 3.63) is 66.7 Å². The molecule has 3 heterocycles. The zero-order valence-electron chi connectivity index (χ0n) is 19.9. The average molecular weight is 487 g/mol. The summed E-state index contributed by atoms with van der Waals surface area (Å²) in [6, 6.07) is 21.4. The molecule has 184 valence electrons. The summed E-state index contributed by atoms with van der Waals surface area (Å²) in [7, 11) is 3.99. The summed E-state index contributed by atoms with van der Waals surface area (Å²) in [4.78, 5) is 14.8. The smallest absolute Gasteiger partial charge is 0.412 e. The lowest BCUT2D eigenvalue weighted by molar-refractivity contribution is 0.00775. The van der Waals surface area contributed by atoms with Gasteiger partial charge in [0, 0.05) is 30.7 Å². The Morgan fingerprint density at radius 3 is 2.61 bits per heavy atom. The van der Waals surface area contributed by atoms with E-state index in [1.165, 1.54) is 0 Å². The fourth-order valence-corrected chi connectivity index (χ4v) is 4.88. The number of aromatic nitrogens is 4. The van der Waals surface area contributed by atoms with Crippen LogP contribution in [0.2, 0.25) is 0 Å². The second-order valence-electron chi connectivity index (χ2n) is 9.15. The molecule has 2 aliphatic heterocycles. The van der Waals surface area contributed by atoms with E-state index in [0.717, 1.165) is 22.0 Å². The first-order chi connectivity index (χ1) is 17.6. The monoisotopic (exact) mass is 486 g/mol. The van der Waals surface area contributed by atoms with Crippen LogP contribution in [0.15, 0.2) is 66.7 Å². The van der Waals surface area contributed by atoms with Gasteiger partial charge in [0.05, 0.1) is 18.9 Å². The van der Waals surface area contributed by atoms with Crippen molar-refractivity contribution in [3.63, 3.8) is 0 Å². The number of rotatable bonds is 5. The molecule has 6 rings (SSSR count). The Balaban J connectivity index is 1.15. The number of amides is 1. The van der Waals surface area contributed by atoms with Gasteiger partial charge in [-0.2, -0.15) is 0 Å². The van der Waals surface area contributed by atoms with Gasteiger partial charge in [0.15, 0.2) is 11.9 Å². The number of anilines is 2. The van der Waals surface area contributed by atoms with Crippen LogP contribution in [0.5, 0.6) is 0 Å². The molecule has 1 amide bonds. The number of ether oxygens (including phenoxy) is 3. The number of fused-ring (bicyclic) bond motifs is 2. The lowest BCUT2D eigenvalue weighted by atomic mass is 10.1. The molecule has 4 aromatic rings. The number of nitrogens with one attached hydrogen (secondary N) is 1. The van der Waals surface area contributed by atoms with Gasteiger partial charge in [0.2, 0.25) is 0 Å². The largest absolute Gasteiger partial charge is 0.441 e. The van der Waals surface area contributed by atoms with Crippen LogP contribution in [0.4, 0.5) is 16.2 Å². The number of hydrogen-bond donors (Lipinski definition) is 1. The minimum atomic E-state index is -0.545. The average Bonchev–Trinajstić information content (AvgIpc) is 3.62. The van der Waals surface area contributed by atoms with Crippen LogP contribution < -0.4 is 10.2 Å². The van der Waals surface area contributed by atoms with Crippen LogP contribution in [0.25, 0.3) is 22.2 Å². The first-order valence-corrected chi connectivity index (χ1v) is 11.8. The highest BCUT2D eigenvalue weighted by atomic mass is 16.6. The molecule has 2 saturated heterocycles. The van der Waals surface area contributed by atoms with E-state index in [1.807, 2.05) is 85.7 Å². The van der Waals surface area contributed by atoms with Gasteiger partial charge in [-0.25, -0.2) is 9.48 Å². The minimum Gasteiger partial charge on any atom is -0.441 e. The molecular formula is C26H26N6O4. The summed E-state index contributed by atoms with van der Waals surface area (Å²) in [5.74, 6) is 0.635. The Morgan fingerprint density at radius 1 is 1.00 bits per heavy atom. The summed E-state index contributed by atoms with van der Waals surface area (Å²) >= 11 is 0. The molecule has 3 aromatic carbocycles. The number of carbonyl (C=O) groups excluding carboxylic acids is 1. The molecule has 2 fully saturated rings. The third-order valence-electron chi connectivity index (χ3n) is 6.72. The predicted octanol–water partition coefficient (Wildman–Crippen LogP) is 3.52. The molecule has 10 nitrogen and oxygen atoms in total. The fourth-order valence-electron chi connectivity index (χ4n) is 4.88. The normalized spacial score (nSPS) is 22.9. The Morgan fingerprint density at radius 2 is 1.78 bits per heavy atom. The molecule has 0 unspecified atom stereocenters. The highest BCUT2D eigenvalue weighted by molar-refractivity contribution is 6.00. The number of tetrazole rings is 1. The van der Waals surface area contributed by atoms with E-state index in [0.29, 0.717) is 18.1 Å². The molecule has 0 radical (unpaired) electrons. The lowest BCUT2D eigenvalue weighted by Gasteiger charge is -2.18. The van der Waals surface area contributed by atoms with Gasteiger partial charge < -0.3 is 19.1 Å². The summed E-state index contributed by atoms with van der Waals surface area (Å²) in [5.41, 5.74) is 2.68. The first-order valence-electron chi connectivity index (χ1n) is 11.8. The standard InChI is InChI=1S/C26H26N6O4/c1-31(2)18-12-10-17(11-13-18)25-28-29-30-32(25)21-14-34-24-22(15-35-23(21)24)36-26(33)27-20-9-5-7-16-6-3-4-8-19(16)20/h3-13,21-24H,14-15H2,1-2H3,(H,27,33)/t21-,22-,23-,24+/m1/s1. The van der Waals surface area contributed by atoms with Crippen molar-refractivity contribution in [1.82, 2.24) is 20.2 Å². The van der Waals surface area contributed by atoms with Gasteiger partial charge in [-0.15, -0.1) is 5.10 Å². The van der Waals surface area contributed by atoms with Gasteiger partial charge in [-0.1, -0.05) is 36.4 Å². The molecule has 0 aliphatic carbocycles. The molecule has 0 spiro atoms. The zero-order chi connectivity index (χ0) is 24.6. The number of benzene rings is 3. The van der Waals surface area contributed by atoms with E-state index >= 15 is 0 Å². The van der Waals surface area contributed by atoms with E-state index in [2.05, 4.69) is 20.8 Å². The lowest BCUT2D eigenvalue weighted by Crippen LogP contribution is -2.35. The Hall–Kier alpha value is -4.02. The minimum absolute atomic E-state index is 0.233. The molecule has 0 bridgehead atoms. The van der Waals surface area contributed by atoms with Gasteiger partial charge in [-0.05, 0) is 46.1 Å². The molecule has 1 N–H and O–H groups in total. The van der Waals surface area contributed by atoms with E-state index < -0.39 is 18.3 Å². The van der Waals surface area contributed by atoms with Gasteiger partial charge >= 0.3 is 6.09 Å². The van der Waals surface area contributed by atoms with E-state index in [-0.39, 0.29) is 18.8 Å². The third kappa shape index (κ3) is 4.04. The van der Waals surface area contributed by atoms with Crippen molar-refractivity contribution in [1.29, 1.82) is 0 Å². The van der Waals surface area contributed by atoms with Crippen LogP contribution in [0, 0.1) is 0 Å². The molecule has 2 aliphatic rings. The van der Waals surface area contributed by atoms with E-state index in [4.69, 9.17) is 14.2 Å². The maximum Gasteiger partial charge on any atom is 0.412 e. The molecule has 4 atom stereocenters. The van der Waals surface area contributed by atoms with Crippen LogP contribution in [-0.2, 0) is 14.2 Å². The second kappa shape index (κ2) is 9.21. The maximum absolute atomic E-state index is 12.7. The molecular weight excluding hydrogens is 460 g/mol. The zero-order valence-corrected chi connectivity index (χ0v) is 19.9. The quantitative estimate of drug-likeness (QED) is 0.457. The maximum atomic E-state index is 12.7. The van der Waals surface area contributed by atoms with E-state index in [9.17, 15) is 4.79 Å². The van der Waals surface area contributed by atoms with Gasteiger partial charge in [0.1, 0.15) is 18.2 Å². The Bertz CT molecular complexity index is 1380. The molecule has 1 aromatic heterocycles. The summed E-state index contributed by atoms with van der Waals surface area (Å²) in [6.07, 6.45) is -1.81. The summed E-state index contributed by atoms with van der Waals surface area (Å²) in [6.45, 7) is 0.595. The highest BCUT2D eigenvalue weighted by Crippen LogP contribution is 2.37. The van der Waals surface area contributed by atoms with Crippen molar-refractivity contribution < 1.29 is 19.0 Å². The predicted molar refractivity (Wildman–Crippen MR) is 134 cm³/mol. The molecule has 36 heavy (non-hydrogen) atoms.